The molecule has 0 spiro atoms. The first-order valence-electron chi connectivity index (χ1n) is 19.7. The third kappa shape index (κ3) is 20.4. The molecule has 0 heterocycles. The molecule has 5 nitrogen and oxygen atoms in total. The van der Waals surface area contributed by atoms with Crippen LogP contribution in [-0.4, -0.2) is 51.0 Å². The number of unbranched alkanes of at least 4 members (excludes halogenated alkanes) is 16. The van der Waals surface area contributed by atoms with Crippen molar-refractivity contribution in [1.29, 1.82) is 0 Å². The van der Waals surface area contributed by atoms with Crippen LogP contribution in [0.1, 0.15) is 177 Å². The molecule has 0 radical (unpaired) electrons. The van der Waals surface area contributed by atoms with E-state index in [1.54, 1.807) is 31.1 Å². The highest BCUT2D eigenvalue weighted by Gasteiger charge is 2.34. The van der Waals surface area contributed by atoms with Crippen LogP contribution in [0.15, 0.2) is 58.3 Å². The van der Waals surface area contributed by atoms with Crippen molar-refractivity contribution < 1.29 is 24.0 Å². The standard InChI is InChI=1S/C28H60P.C14H10O5S/c1-5-9-13-14-15-16-17-18-19-20-21-22-23-24-28-29(25-10-6-2,26-11-7-3)27-12-8-4;15-13(16)9-1-5-11(6-2-9)20(19)12-7-3-10(4-8-12)14(17)18/h5-28H2,1-4H3;1-8H,(H,15,16)(H,17,18)/q+1;. The summed E-state index contributed by atoms with van der Waals surface area (Å²) in [6, 6.07) is 11.4. The van der Waals surface area contributed by atoms with Crippen LogP contribution in [0, 0.1) is 0 Å². The molecule has 0 unspecified atom stereocenters. The minimum atomic E-state index is -1.48. The summed E-state index contributed by atoms with van der Waals surface area (Å²) < 4.78 is 12.2. The van der Waals surface area contributed by atoms with E-state index in [2.05, 4.69) is 27.7 Å². The number of carboxylic acid groups (broad SMARTS) is 2. The Balaban J connectivity index is 0.000000520. The van der Waals surface area contributed by atoms with Crippen LogP contribution in [0.5, 0.6) is 0 Å². The lowest BCUT2D eigenvalue weighted by Crippen LogP contribution is -2.13. The number of carbonyl (C=O) groups is 2. The number of rotatable bonds is 28. The SMILES string of the molecule is CCCCCCCCCCCCCCCC[P+](CCCC)(CCCC)CCCC.O=C(O)c1ccc(S(=O)c2ccc(C(=O)O)cc2)cc1. The monoisotopic (exact) mass is 717 g/mol. The van der Waals surface area contributed by atoms with Gasteiger partial charge in [-0.05, 0) is 80.6 Å². The maximum Gasteiger partial charge on any atom is 0.335 e. The molecule has 0 fully saturated rings. The number of carboxylic acids is 2. The fourth-order valence-electron chi connectivity index (χ4n) is 6.37. The van der Waals surface area contributed by atoms with E-state index >= 15 is 0 Å². The molecule has 2 aromatic rings. The molecule has 2 rings (SSSR count). The van der Waals surface area contributed by atoms with E-state index in [1.165, 1.54) is 171 Å². The Bertz CT molecular complexity index is 1070. The minimum absolute atomic E-state index is 0.118. The summed E-state index contributed by atoms with van der Waals surface area (Å²) >= 11 is 0. The van der Waals surface area contributed by atoms with E-state index < -0.39 is 30.0 Å². The molecule has 0 aromatic heterocycles. The predicted octanol–water partition coefficient (Wildman–Crippen LogP) is 13.1. The smallest absolute Gasteiger partial charge is 0.335 e. The average molecular weight is 718 g/mol. The first-order chi connectivity index (χ1) is 23.7. The third-order valence-electron chi connectivity index (χ3n) is 9.57. The van der Waals surface area contributed by atoms with E-state index in [4.69, 9.17) is 10.2 Å². The third-order valence-corrected chi connectivity index (χ3v) is 16.0. The van der Waals surface area contributed by atoms with E-state index in [-0.39, 0.29) is 11.1 Å². The van der Waals surface area contributed by atoms with Gasteiger partial charge in [0.1, 0.15) is 0 Å². The van der Waals surface area contributed by atoms with Gasteiger partial charge in [0.2, 0.25) is 0 Å². The van der Waals surface area contributed by atoms with Gasteiger partial charge in [-0.25, -0.2) is 13.8 Å². The summed E-state index contributed by atoms with van der Waals surface area (Å²) in [4.78, 5) is 22.4. The Morgan fingerprint density at radius 3 is 1.00 bits per heavy atom. The predicted molar refractivity (Wildman–Crippen MR) is 213 cm³/mol. The lowest BCUT2D eigenvalue weighted by Gasteiger charge is -2.28. The van der Waals surface area contributed by atoms with Gasteiger partial charge in [0, 0.05) is 17.1 Å². The van der Waals surface area contributed by atoms with Crippen molar-refractivity contribution in [3.63, 3.8) is 0 Å². The second kappa shape index (κ2) is 28.6. The number of hydrogen-bond acceptors (Lipinski definition) is 3. The Labute approximate surface area is 303 Å². The molecule has 0 amide bonds. The highest BCUT2D eigenvalue weighted by molar-refractivity contribution is 7.85. The lowest BCUT2D eigenvalue weighted by atomic mass is 10.0. The van der Waals surface area contributed by atoms with Gasteiger partial charge in [-0.1, -0.05) is 124 Å². The maximum absolute atomic E-state index is 12.2. The van der Waals surface area contributed by atoms with Crippen LogP contribution in [0.4, 0.5) is 0 Å². The topological polar surface area (TPSA) is 91.7 Å². The van der Waals surface area contributed by atoms with Gasteiger partial charge in [-0.2, -0.15) is 0 Å². The van der Waals surface area contributed by atoms with Crippen LogP contribution in [0.2, 0.25) is 0 Å². The molecule has 278 valence electrons. The molecular weight excluding hydrogens is 647 g/mol. The zero-order chi connectivity index (χ0) is 36.2. The largest absolute Gasteiger partial charge is 0.478 e. The first-order valence-corrected chi connectivity index (χ1v) is 23.3. The van der Waals surface area contributed by atoms with Gasteiger partial charge in [-0.3, -0.25) is 0 Å². The van der Waals surface area contributed by atoms with E-state index in [9.17, 15) is 13.8 Å². The van der Waals surface area contributed by atoms with Crippen LogP contribution < -0.4 is 0 Å². The van der Waals surface area contributed by atoms with Crippen molar-refractivity contribution in [3.8, 4) is 0 Å². The zero-order valence-corrected chi connectivity index (χ0v) is 33.3. The van der Waals surface area contributed by atoms with Gasteiger partial charge < -0.3 is 10.2 Å². The molecule has 0 aliphatic heterocycles. The second-order valence-corrected chi connectivity index (χ2v) is 19.8. The highest BCUT2D eigenvalue weighted by atomic mass is 32.2. The molecule has 2 aromatic carbocycles. The fourth-order valence-corrected chi connectivity index (χ4v) is 12.6. The summed E-state index contributed by atoms with van der Waals surface area (Å²) in [5, 5.41) is 17.6. The molecule has 0 saturated heterocycles. The van der Waals surface area contributed by atoms with Crippen molar-refractivity contribution >= 4 is 30.0 Å². The van der Waals surface area contributed by atoms with Gasteiger partial charge in [0.15, 0.2) is 0 Å². The van der Waals surface area contributed by atoms with E-state index in [0.29, 0.717) is 9.79 Å². The molecule has 0 aliphatic carbocycles. The van der Waals surface area contributed by atoms with Crippen LogP contribution >= 0.6 is 7.26 Å². The highest BCUT2D eigenvalue weighted by Crippen LogP contribution is 2.61. The Hall–Kier alpha value is -2.04. The van der Waals surface area contributed by atoms with E-state index in [1.807, 2.05) is 0 Å². The molecule has 0 aliphatic rings. The zero-order valence-electron chi connectivity index (χ0n) is 31.6. The number of benzene rings is 2. The lowest BCUT2D eigenvalue weighted by molar-refractivity contribution is 0.0686. The van der Waals surface area contributed by atoms with Crippen molar-refractivity contribution in [3.05, 3.63) is 59.7 Å². The molecule has 7 heteroatoms. The first kappa shape index (κ1) is 45.0. The Morgan fingerprint density at radius 2 is 0.714 bits per heavy atom. The molecular formula is C42H70O5PS+. The Kier molecular flexibility index (Phi) is 26.3. The second-order valence-electron chi connectivity index (χ2n) is 13.8. The quantitative estimate of drug-likeness (QED) is 0.0675. The van der Waals surface area contributed by atoms with Crippen molar-refractivity contribution in [2.24, 2.45) is 0 Å². The summed E-state index contributed by atoms with van der Waals surface area (Å²) in [7, 11) is -2.11. The average Bonchev–Trinajstić information content (AvgIpc) is 3.12. The van der Waals surface area contributed by atoms with E-state index in [0.717, 1.165) is 0 Å². The van der Waals surface area contributed by atoms with Crippen molar-refractivity contribution in [2.75, 3.05) is 24.6 Å². The minimum Gasteiger partial charge on any atom is -0.478 e. The van der Waals surface area contributed by atoms with Gasteiger partial charge in [0.25, 0.3) is 0 Å². The summed E-state index contributed by atoms with van der Waals surface area (Å²) in [5.74, 6) is -2.10. The van der Waals surface area contributed by atoms with Crippen LogP contribution in [0.3, 0.4) is 0 Å². The molecule has 0 atom stereocenters. The Morgan fingerprint density at radius 1 is 0.449 bits per heavy atom. The van der Waals surface area contributed by atoms with Crippen molar-refractivity contribution in [2.45, 2.75) is 166 Å². The van der Waals surface area contributed by atoms with Crippen LogP contribution in [0.25, 0.3) is 0 Å². The molecule has 2 N–H and O–H groups in total. The normalized spacial score (nSPS) is 11.4. The number of hydrogen-bond donors (Lipinski definition) is 2. The fraction of sp³-hybridized carbons (Fsp3) is 0.667. The maximum atomic E-state index is 12.2. The van der Waals surface area contributed by atoms with Crippen LogP contribution in [-0.2, 0) is 10.8 Å². The van der Waals surface area contributed by atoms with Gasteiger partial charge in [-0.15, -0.1) is 0 Å². The molecule has 0 saturated carbocycles. The van der Waals surface area contributed by atoms with Gasteiger partial charge in [0.05, 0.1) is 46.6 Å². The number of aromatic carboxylic acids is 2. The van der Waals surface area contributed by atoms with Gasteiger partial charge >= 0.3 is 11.9 Å². The molecule has 49 heavy (non-hydrogen) atoms. The van der Waals surface area contributed by atoms with Crippen molar-refractivity contribution in [1.82, 2.24) is 0 Å². The summed E-state index contributed by atoms with van der Waals surface area (Å²) in [5.41, 5.74) is 0.235. The summed E-state index contributed by atoms with van der Waals surface area (Å²) in [6.45, 7) is 9.48. The molecule has 0 bridgehead atoms. The summed E-state index contributed by atoms with van der Waals surface area (Å²) in [6.07, 6.45) is 36.0.